The van der Waals surface area contributed by atoms with Crippen LogP contribution in [-0.2, 0) is 11.2 Å². The minimum absolute atomic E-state index is 0.00187. The number of carbonyl (C=O) groups excluding carboxylic acids is 1. The third-order valence-corrected chi connectivity index (χ3v) is 6.85. The summed E-state index contributed by atoms with van der Waals surface area (Å²) in [6, 6.07) is 15.4. The first-order valence-corrected chi connectivity index (χ1v) is 10.8. The van der Waals surface area contributed by atoms with Crippen molar-refractivity contribution in [2.24, 2.45) is 5.92 Å². The highest BCUT2D eigenvalue weighted by molar-refractivity contribution is 5.79. The Kier molecular flexibility index (Phi) is 6.00. The maximum Gasteiger partial charge on any atom is 0.227 e. The second-order valence-corrected chi connectivity index (χ2v) is 8.51. The van der Waals surface area contributed by atoms with E-state index in [0.29, 0.717) is 30.9 Å². The van der Waals surface area contributed by atoms with Gasteiger partial charge in [-0.3, -0.25) is 4.79 Å². The smallest absolute Gasteiger partial charge is 0.227 e. The molecule has 0 aromatic heterocycles. The van der Waals surface area contributed by atoms with Crippen molar-refractivity contribution >= 4 is 5.91 Å². The summed E-state index contributed by atoms with van der Waals surface area (Å²) in [4.78, 5) is 15.4. The lowest BCUT2D eigenvalue weighted by molar-refractivity contribution is -0.154. The summed E-state index contributed by atoms with van der Waals surface area (Å²) in [5.74, 6) is 1.51. The Balaban J connectivity index is 1.73. The molecule has 1 saturated heterocycles. The van der Waals surface area contributed by atoms with Crippen LogP contribution in [0.5, 0.6) is 11.5 Å². The number of benzene rings is 2. The first-order valence-electron chi connectivity index (χ1n) is 10.8. The Labute approximate surface area is 178 Å². The average Bonchev–Trinajstić information content (AvgIpc) is 2.78. The van der Waals surface area contributed by atoms with Gasteiger partial charge in [-0.15, -0.1) is 0 Å². The Morgan fingerprint density at radius 3 is 2.63 bits per heavy atom. The highest BCUT2D eigenvalue weighted by atomic mass is 16.5. The average molecular weight is 410 g/mol. The van der Waals surface area contributed by atoms with Gasteiger partial charge in [0.05, 0.1) is 32.3 Å². The van der Waals surface area contributed by atoms with Crippen LogP contribution >= 0.6 is 0 Å². The van der Waals surface area contributed by atoms with Crippen molar-refractivity contribution in [2.45, 2.75) is 50.2 Å². The number of ether oxygens (including phenoxy) is 2. The van der Waals surface area contributed by atoms with Gasteiger partial charge < -0.3 is 19.5 Å². The van der Waals surface area contributed by atoms with Crippen molar-refractivity contribution < 1.29 is 19.4 Å². The molecular formula is C25H31NO4. The van der Waals surface area contributed by atoms with Crippen LogP contribution in [0.4, 0.5) is 0 Å². The van der Waals surface area contributed by atoms with Crippen molar-refractivity contribution in [1.82, 2.24) is 4.90 Å². The molecule has 5 nitrogen and oxygen atoms in total. The lowest BCUT2D eigenvalue weighted by Gasteiger charge is -2.52. The molecule has 2 fully saturated rings. The minimum atomic E-state index is -0.725. The molecule has 2 aromatic carbocycles. The largest absolute Gasteiger partial charge is 0.497 e. The van der Waals surface area contributed by atoms with Gasteiger partial charge in [-0.25, -0.2) is 0 Å². The molecule has 1 N–H and O–H groups in total. The third kappa shape index (κ3) is 3.91. The number of nitrogens with zero attached hydrogens (tertiary/aromatic N) is 1. The molecule has 30 heavy (non-hydrogen) atoms. The van der Waals surface area contributed by atoms with E-state index in [1.165, 1.54) is 0 Å². The van der Waals surface area contributed by atoms with Crippen LogP contribution in [-0.4, -0.2) is 42.3 Å². The van der Waals surface area contributed by atoms with Crippen LogP contribution in [0, 0.1) is 5.92 Å². The normalized spacial score (nSPS) is 26.0. The predicted octanol–water partition coefficient (Wildman–Crippen LogP) is 4.14. The second kappa shape index (κ2) is 8.68. The van der Waals surface area contributed by atoms with Crippen molar-refractivity contribution in [2.75, 3.05) is 20.8 Å². The molecular weight excluding hydrogens is 378 g/mol. The first-order chi connectivity index (χ1) is 14.6. The van der Waals surface area contributed by atoms with Crippen molar-refractivity contribution in [1.29, 1.82) is 0 Å². The van der Waals surface area contributed by atoms with Crippen LogP contribution in [0.1, 0.15) is 49.3 Å². The number of carbonyl (C=O) groups is 1. The maximum absolute atomic E-state index is 13.4. The first kappa shape index (κ1) is 20.7. The number of piperidine rings is 1. The van der Waals surface area contributed by atoms with Gasteiger partial charge in [-0.2, -0.15) is 0 Å². The monoisotopic (exact) mass is 409 g/mol. The molecule has 0 bridgehead atoms. The summed E-state index contributed by atoms with van der Waals surface area (Å²) in [5.41, 5.74) is 1.23. The van der Waals surface area contributed by atoms with Gasteiger partial charge in [-0.1, -0.05) is 43.2 Å². The molecule has 1 heterocycles. The number of amides is 1. The Morgan fingerprint density at radius 2 is 1.90 bits per heavy atom. The Hall–Kier alpha value is -2.53. The number of hydrogen-bond acceptors (Lipinski definition) is 4. The van der Waals surface area contributed by atoms with Gasteiger partial charge in [0.2, 0.25) is 5.91 Å². The Bertz CT molecular complexity index is 884. The van der Waals surface area contributed by atoms with Crippen LogP contribution in [0.3, 0.4) is 0 Å². The molecule has 3 atom stereocenters. The van der Waals surface area contributed by atoms with E-state index in [4.69, 9.17) is 9.47 Å². The molecule has 1 aliphatic heterocycles. The maximum atomic E-state index is 13.4. The lowest BCUT2D eigenvalue weighted by atomic mass is 9.66. The minimum Gasteiger partial charge on any atom is -0.497 e. The summed E-state index contributed by atoms with van der Waals surface area (Å²) >= 11 is 0. The summed E-state index contributed by atoms with van der Waals surface area (Å²) < 4.78 is 11.1. The van der Waals surface area contributed by atoms with Crippen LogP contribution in [0.2, 0.25) is 0 Å². The highest BCUT2D eigenvalue weighted by Gasteiger charge is 2.50. The molecule has 1 amide bonds. The summed E-state index contributed by atoms with van der Waals surface area (Å²) in [7, 11) is 3.27. The molecule has 5 heteroatoms. The molecule has 0 radical (unpaired) electrons. The quantitative estimate of drug-likeness (QED) is 0.806. The second-order valence-electron chi connectivity index (χ2n) is 8.51. The molecule has 2 aliphatic rings. The van der Waals surface area contributed by atoms with Gasteiger partial charge in [0, 0.05) is 24.1 Å². The van der Waals surface area contributed by atoms with E-state index in [-0.39, 0.29) is 17.9 Å². The number of hydrogen-bond donors (Lipinski definition) is 1. The SMILES string of the molecule is COc1ccc(C2C3CCCCC3(O)CCN2C(=O)Cc2ccccc2)c(OC)c1. The Morgan fingerprint density at radius 1 is 1.10 bits per heavy atom. The van der Waals surface area contributed by atoms with Crippen LogP contribution in [0.15, 0.2) is 48.5 Å². The van der Waals surface area contributed by atoms with Crippen LogP contribution < -0.4 is 9.47 Å². The molecule has 1 saturated carbocycles. The molecule has 4 rings (SSSR count). The molecule has 0 spiro atoms. The fourth-order valence-corrected chi connectivity index (χ4v) is 5.28. The van der Waals surface area contributed by atoms with E-state index in [0.717, 1.165) is 36.8 Å². The number of rotatable bonds is 5. The van der Waals surface area contributed by atoms with E-state index < -0.39 is 5.60 Å². The van der Waals surface area contributed by atoms with E-state index in [1.54, 1.807) is 14.2 Å². The summed E-state index contributed by atoms with van der Waals surface area (Å²) in [6.07, 6.45) is 4.81. The molecule has 2 aromatic rings. The van der Waals surface area contributed by atoms with Crippen molar-refractivity contribution in [3.8, 4) is 11.5 Å². The molecule has 160 valence electrons. The van der Waals surface area contributed by atoms with Gasteiger partial charge in [0.15, 0.2) is 0 Å². The zero-order chi connectivity index (χ0) is 21.1. The molecule has 1 aliphatic carbocycles. The zero-order valence-electron chi connectivity index (χ0n) is 17.8. The molecule has 3 unspecified atom stereocenters. The fraction of sp³-hybridized carbons (Fsp3) is 0.480. The topological polar surface area (TPSA) is 59.0 Å². The predicted molar refractivity (Wildman–Crippen MR) is 116 cm³/mol. The van der Waals surface area contributed by atoms with Crippen molar-refractivity contribution in [3.05, 3.63) is 59.7 Å². The van der Waals surface area contributed by atoms with Gasteiger partial charge in [0.25, 0.3) is 0 Å². The third-order valence-electron chi connectivity index (χ3n) is 6.85. The fourth-order valence-electron chi connectivity index (χ4n) is 5.28. The van der Waals surface area contributed by atoms with E-state index >= 15 is 0 Å². The number of fused-ring (bicyclic) bond motifs is 1. The zero-order valence-corrected chi connectivity index (χ0v) is 17.8. The number of aliphatic hydroxyl groups is 1. The van der Waals surface area contributed by atoms with Crippen molar-refractivity contribution in [3.63, 3.8) is 0 Å². The number of methoxy groups -OCH3 is 2. The van der Waals surface area contributed by atoms with Gasteiger partial charge in [-0.05, 0) is 37.0 Å². The van der Waals surface area contributed by atoms with E-state index in [1.807, 2.05) is 53.4 Å². The van der Waals surface area contributed by atoms with E-state index in [9.17, 15) is 9.90 Å². The highest BCUT2D eigenvalue weighted by Crippen LogP contribution is 2.51. The van der Waals surface area contributed by atoms with Crippen LogP contribution in [0.25, 0.3) is 0 Å². The summed E-state index contributed by atoms with van der Waals surface area (Å²) in [5, 5.41) is 11.5. The van der Waals surface area contributed by atoms with Gasteiger partial charge >= 0.3 is 0 Å². The lowest BCUT2D eigenvalue weighted by Crippen LogP contribution is -2.56. The number of likely N-dealkylation sites (tertiary alicyclic amines) is 1. The standard InChI is InChI=1S/C25H31NO4/c1-29-19-11-12-20(22(17-19)30-2)24-21-10-6-7-13-25(21,28)14-15-26(24)23(27)16-18-8-4-3-5-9-18/h3-5,8-9,11-12,17,21,24,28H,6-7,10,13-16H2,1-2H3. The summed E-state index contributed by atoms with van der Waals surface area (Å²) in [6.45, 7) is 0.554. The van der Waals surface area contributed by atoms with Gasteiger partial charge in [0.1, 0.15) is 11.5 Å². The van der Waals surface area contributed by atoms with E-state index in [2.05, 4.69) is 0 Å².